The molecule has 4 nitrogen and oxygen atoms in total. The fourth-order valence-corrected chi connectivity index (χ4v) is 2.30. The van der Waals surface area contributed by atoms with E-state index in [0.717, 1.165) is 18.4 Å². The van der Waals surface area contributed by atoms with Gasteiger partial charge in [0.05, 0.1) is 0 Å². The maximum atomic E-state index is 5.97. The average molecular weight is 277 g/mol. The number of thioether (sulfide) groups is 1. The van der Waals surface area contributed by atoms with Crippen LogP contribution in [0.3, 0.4) is 0 Å². The zero-order valence-electron chi connectivity index (χ0n) is 11.3. The molecule has 2 aromatic rings. The standard InChI is InChI=1S/C14H19N3OS/c1-3-4-11(15)9-13-16-14(17-18-13)10-5-7-12(19-2)8-6-10/h5-8,11H,3-4,9,15H2,1-2H3. The summed E-state index contributed by atoms with van der Waals surface area (Å²) in [6.07, 6.45) is 4.73. The zero-order valence-corrected chi connectivity index (χ0v) is 12.1. The van der Waals surface area contributed by atoms with Crippen molar-refractivity contribution in [2.24, 2.45) is 5.73 Å². The molecule has 1 heterocycles. The Bertz CT molecular complexity index is 510. The molecule has 1 atom stereocenters. The van der Waals surface area contributed by atoms with E-state index >= 15 is 0 Å². The molecule has 0 fully saturated rings. The van der Waals surface area contributed by atoms with Gasteiger partial charge in [-0.2, -0.15) is 4.98 Å². The van der Waals surface area contributed by atoms with Crippen LogP contribution in [0.25, 0.3) is 11.4 Å². The number of aromatic nitrogens is 2. The number of rotatable bonds is 6. The molecule has 2 N–H and O–H groups in total. The molecule has 0 saturated heterocycles. The Labute approximate surface area is 117 Å². The molecule has 0 saturated carbocycles. The molecule has 1 unspecified atom stereocenters. The van der Waals surface area contributed by atoms with E-state index in [1.165, 1.54) is 4.90 Å². The lowest BCUT2D eigenvalue weighted by Crippen LogP contribution is -2.22. The lowest BCUT2D eigenvalue weighted by Gasteiger charge is -2.05. The van der Waals surface area contributed by atoms with Gasteiger partial charge in [0.25, 0.3) is 0 Å². The Kier molecular flexibility index (Phi) is 4.99. The van der Waals surface area contributed by atoms with Crippen LogP contribution in [-0.4, -0.2) is 22.4 Å². The Hall–Kier alpha value is -1.33. The van der Waals surface area contributed by atoms with E-state index < -0.39 is 0 Å². The molecule has 0 bridgehead atoms. The molecule has 2 rings (SSSR count). The van der Waals surface area contributed by atoms with Crippen molar-refractivity contribution in [1.82, 2.24) is 10.1 Å². The van der Waals surface area contributed by atoms with Crippen molar-refractivity contribution in [2.75, 3.05) is 6.26 Å². The highest BCUT2D eigenvalue weighted by molar-refractivity contribution is 7.98. The molecule has 0 aliphatic rings. The summed E-state index contributed by atoms with van der Waals surface area (Å²) >= 11 is 1.71. The van der Waals surface area contributed by atoms with Crippen molar-refractivity contribution in [1.29, 1.82) is 0 Å². The summed E-state index contributed by atoms with van der Waals surface area (Å²) in [6.45, 7) is 2.12. The topological polar surface area (TPSA) is 64.9 Å². The van der Waals surface area contributed by atoms with Gasteiger partial charge in [0, 0.05) is 22.9 Å². The highest BCUT2D eigenvalue weighted by Crippen LogP contribution is 2.21. The molecule has 0 aliphatic carbocycles. The Balaban J connectivity index is 2.07. The van der Waals surface area contributed by atoms with Gasteiger partial charge in [-0.1, -0.05) is 18.5 Å². The van der Waals surface area contributed by atoms with E-state index in [1.54, 1.807) is 11.8 Å². The van der Waals surface area contributed by atoms with Gasteiger partial charge in [-0.05, 0) is 36.9 Å². The van der Waals surface area contributed by atoms with Crippen LogP contribution in [0.2, 0.25) is 0 Å². The number of benzene rings is 1. The third-order valence-corrected chi connectivity index (χ3v) is 3.66. The number of hydrogen-bond acceptors (Lipinski definition) is 5. The first-order chi connectivity index (χ1) is 9.22. The monoisotopic (exact) mass is 277 g/mol. The van der Waals surface area contributed by atoms with Crippen LogP contribution in [0.15, 0.2) is 33.7 Å². The normalized spacial score (nSPS) is 12.6. The summed E-state index contributed by atoms with van der Waals surface area (Å²) in [6, 6.07) is 8.22. The maximum Gasteiger partial charge on any atom is 0.228 e. The molecule has 1 aromatic carbocycles. The minimum Gasteiger partial charge on any atom is -0.339 e. The Morgan fingerprint density at radius 3 is 2.68 bits per heavy atom. The van der Waals surface area contributed by atoms with Gasteiger partial charge in [0.1, 0.15) is 0 Å². The second kappa shape index (κ2) is 6.73. The van der Waals surface area contributed by atoms with Gasteiger partial charge in [0.2, 0.25) is 11.7 Å². The van der Waals surface area contributed by atoms with E-state index in [-0.39, 0.29) is 6.04 Å². The summed E-state index contributed by atoms with van der Waals surface area (Å²) < 4.78 is 5.25. The molecule has 102 valence electrons. The first-order valence-corrected chi connectivity index (χ1v) is 7.68. The van der Waals surface area contributed by atoms with Crippen molar-refractivity contribution in [3.05, 3.63) is 30.2 Å². The summed E-state index contributed by atoms with van der Waals surface area (Å²) in [4.78, 5) is 5.61. The Morgan fingerprint density at radius 2 is 2.05 bits per heavy atom. The number of nitrogens with two attached hydrogens (primary N) is 1. The molecule has 0 aliphatic heterocycles. The quantitative estimate of drug-likeness (QED) is 0.822. The lowest BCUT2D eigenvalue weighted by molar-refractivity contribution is 0.366. The third-order valence-electron chi connectivity index (χ3n) is 2.91. The molecule has 0 amide bonds. The predicted molar refractivity (Wildman–Crippen MR) is 78.1 cm³/mol. The first kappa shape index (κ1) is 14.1. The molecule has 19 heavy (non-hydrogen) atoms. The molecule has 1 aromatic heterocycles. The van der Waals surface area contributed by atoms with E-state index in [2.05, 4.69) is 35.5 Å². The van der Waals surface area contributed by atoms with Crippen molar-refractivity contribution >= 4 is 11.8 Å². The second-order valence-electron chi connectivity index (χ2n) is 4.49. The number of hydrogen-bond donors (Lipinski definition) is 1. The second-order valence-corrected chi connectivity index (χ2v) is 5.37. The fraction of sp³-hybridized carbons (Fsp3) is 0.429. The SMILES string of the molecule is CCCC(N)Cc1nc(-c2ccc(SC)cc2)no1. The summed E-state index contributed by atoms with van der Waals surface area (Å²) in [7, 11) is 0. The molecule has 5 heteroatoms. The summed E-state index contributed by atoms with van der Waals surface area (Å²) in [5, 5.41) is 4.01. The van der Waals surface area contributed by atoms with Crippen LogP contribution < -0.4 is 5.73 Å². The van der Waals surface area contributed by atoms with Crippen LogP contribution in [0.4, 0.5) is 0 Å². The van der Waals surface area contributed by atoms with Crippen LogP contribution >= 0.6 is 11.8 Å². The highest BCUT2D eigenvalue weighted by Gasteiger charge is 2.11. The van der Waals surface area contributed by atoms with Gasteiger partial charge in [-0.25, -0.2) is 0 Å². The summed E-state index contributed by atoms with van der Waals surface area (Å²) in [5.41, 5.74) is 6.94. The van der Waals surface area contributed by atoms with Gasteiger partial charge in [-0.15, -0.1) is 11.8 Å². The first-order valence-electron chi connectivity index (χ1n) is 6.45. The van der Waals surface area contributed by atoms with E-state index in [4.69, 9.17) is 10.3 Å². The van der Waals surface area contributed by atoms with Gasteiger partial charge in [-0.3, -0.25) is 0 Å². The van der Waals surface area contributed by atoms with E-state index in [0.29, 0.717) is 18.1 Å². The molecular formula is C14H19N3OS. The smallest absolute Gasteiger partial charge is 0.228 e. The molecule has 0 radical (unpaired) electrons. The Morgan fingerprint density at radius 1 is 1.32 bits per heavy atom. The van der Waals surface area contributed by atoms with Crippen molar-refractivity contribution in [3.63, 3.8) is 0 Å². The van der Waals surface area contributed by atoms with Crippen molar-refractivity contribution < 1.29 is 4.52 Å². The third kappa shape index (κ3) is 3.81. The van der Waals surface area contributed by atoms with Crippen LogP contribution in [0.1, 0.15) is 25.7 Å². The van der Waals surface area contributed by atoms with E-state index in [1.807, 2.05) is 12.1 Å². The van der Waals surface area contributed by atoms with E-state index in [9.17, 15) is 0 Å². The van der Waals surface area contributed by atoms with Gasteiger partial charge < -0.3 is 10.3 Å². The predicted octanol–water partition coefficient (Wildman–Crippen LogP) is 3.13. The number of nitrogens with zero attached hydrogens (tertiary/aromatic N) is 2. The molecule has 0 spiro atoms. The van der Waals surface area contributed by atoms with Crippen molar-refractivity contribution in [3.8, 4) is 11.4 Å². The lowest BCUT2D eigenvalue weighted by atomic mass is 10.1. The van der Waals surface area contributed by atoms with Crippen LogP contribution in [-0.2, 0) is 6.42 Å². The largest absolute Gasteiger partial charge is 0.339 e. The van der Waals surface area contributed by atoms with Gasteiger partial charge >= 0.3 is 0 Å². The fourth-order valence-electron chi connectivity index (χ4n) is 1.89. The molecular weight excluding hydrogens is 258 g/mol. The van der Waals surface area contributed by atoms with Gasteiger partial charge in [0.15, 0.2) is 0 Å². The maximum absolute atomic E-state index is 5.97. The zero-order chi connectivity index (χ0) is 13.7. The van der Waals surface area contributed by atoms with Crippen molar-refractivity contribution in [2.45, 2.75) is 37.1 Å². The van der Waals surface area contributed by atoms with Crippen LogP contribution in [0, 0.1) is 0 Å². The minimum atomic E-state index is 0.0946. The highest BCUT2D eigenvalue weighted by atomic mass is 32.2. The minimum absolute atomic E-state index is 0.0946. The summed E-state index contributed by atoms with van der Waals surface area (Å²) in [5.74, 6) is 1.25. The average Bonchev–Trinajstić information content (AvgIpc) is 2.87. The van der Waals surface area contributed by atoms with Crippen LogP contribution in [0.5, 0.6) is 0 Å².